The Morgan fingerprint density at radius 3 is 2.30 bits per heavy atom. The summed E-state index contributed by atoms with van der Waals surface area (Å²) in [5, 5.41) is 2.99. The summed E-state index contributed by atoms with van der Waals surface area (Å²) in [7, 11) is 4.89. The van der Waals surface area contributed by atoms with Crippen LogP contribution in [0.3, 0.4) is 0 Å². The van der Waals surface area contributed by atoms with Gasteiger partial charge in [-0.1, -0.05) is 25.1 Å². The van der Waals surface area contributed by atoms with Crippen molar-refractivity contribution in [1.82, 2.24) is 14.9 Å². The smallest absolute Gasteiger partial charge is 0.270 e. The number of methoxy groups -OCH3 is 3. The third-order valence-corrected chi connectivity index (χ3v) is 4.93. The second kappa shape index (κ2) is 9.93. The van der Waals surface area contributed by atoms with Crippen LogP contribution in [0.2, 0.25) is 0 Å². The van der Waals surface area contributed by atoms with Gasteiger partial charge in [0, 0.05) is 12.8 Å². The molecule has 0 aliphatic carbocycles. The largest absolute Gasteiger partial charge is 0.496 e. The third kappa shape index (κ3) is 4.46. The van der Waals surface area contributed by atoms with Gasteiger partial charge in [-0.25, -0.2) is 4.98 Å². The van der Waals surface area contributed by atoms with Crippen molar-refractivity contribution in [1.29, 1.82) is 0 Å². The van der Waals surface area contributed by atoms with Crippen LogP contribution in [0.25, 0.3) is 16.8 Å². The lowest BCUT2D eigenvalue weighted by molar-refractivity contribution is 0.0888. The van der Waals surface area contributed by atoms with E-state index in [2.05, 4.69) is 10.3 Å². The van der Waals surface area contributed by atoms with Crippen molar-refractivity contribution in [3.05, 3.63) is 60.7 Å². The number of nitrogens with zero attached hydrogens (tertiary/aromatic N) is 2. The average molecular weight is 409 g/mol. The van der Waals surface area contributed by atoms with E-state index in [9.17, 15) is 4.79 Å². The van der Waals surface area contributed by atoms with Gasteiger partial charge in [-0.15, -0.1) is 0 Å². The first-order valence-corrected chi connectivity index (χ1v) is 9.76. The van der Waals surface area contributed by atoms with Crippen LogP contribution in [0.15, 0.2) is 55.0 Å². The summed E-state index contributed by atoms with van der Waals surface area (Å²) in [6.07, 6.45) is 3.97. The lowest BCUT2D eigenvalue weighted by atomic mass is 10.0. The third-order valence-electron chi connectivity index (χ3n) is 4.93. The van der Waals surface area contributed by atoms with Gasteiger partial charge in [0.2, 0.25) is 0 Å². The summed E-state index contributed by atoms with van der Waals surface area (Å²) in [4.78, 5) is 16.9. The van der Waals surface area contributed by atoms with Crippen molar-refractivity contribution in [2.24, 2.45) is 0 Å². The molecule has 158 valence electrons. The van der Waals surface area contributed by atoms with Gasteiger partial charge in [-0.2, -0.15) is 0 Å². The molecule has 3 rings (SSSR count). The van der Waals surface area contributed by atoms with E-state index < -0.39 is 0 Å². The van der Waals surface area contributed by atoms with Crippen LogP contribution in [-0.4, -0.2) is 49.4 Å². The molecule has 2 aromatic carbocycles. The van der Waals surface area contributed by atoms with Crippen LogP contribution in [0.1, 0.15) is 23.8 Å². The van der Waals surface area contributed by atoms with Crippen LogP contribution >= 0.6 is 0 Å². The summed E-state index contributed by atoms with van der Waals surface area (Å²) in [5.41, 5.74) is 3.12. The van der Waals surface area contributed by atoms with Crippen LogP contribution in [0.5, 0.6) is 11.5 Å². The molecule has 1 unspecified atom stereocenters. The topological polar surface area (TPSA) is 74.6 Å². The fraction of sp³-hybridized carbons (Fsp3) is 0.304. The minimum atomic E-state index is -0.188. The summed E-state index contributed by atoms with van der Waals surface area (Å²) in [5.74, 6) is 1.27. The number of carbonyl (C=O) groups is 1. The molecule has 0 fully saturated rings. The molecule has 0 bridgehead atoms. The number of rotatable bonds is 9. The molecular formula is C23H27N3O4. The Morgan fingerprint density at radius 1 is 1.07 bits per heavy atom. The van der Waals surface area contributed by atoms with Crippen molar-refractivity contribution < 1.29 is 19.0 Å². The zero-order valence-corrected chi connectivity index (χ0v) is 17.7. The van der Waals surface area contributed by atoms with Crippen LogP contribution in [0.4, 0.5) is 0 Å². The molecule has 1 heterocycles. The summed E-state index contributed by atoms with van der Waals surface area (Å²) < 4.78 is 17.9. The maximum atomic E-state index is 12.7. The predicted molar refractivity (Wildman–Crippen MR) is 116 cm³/mol. The van der Waals surface area contributed by atoms with E-state index in [1.807, 2.05) is 49.4 Å². The van der Waals surface area contributed by atoms with E-state index in [1.54, 1.807) is 38.4 Å². The van der Waals surface area contributed by atoms with E-state index in [-0.39, 0.29) is 11.9 Å². The Kier molecular flexibility index (Phi) is 7.08. The minimum absolute atomic E-state index is 0.0498. The van der Waals surface area contributed by atoms with Crippen molar-refractivity contribution in [3.63, 3.8) is 0 Å². The first kappa shape index (κ1) is 21.4. The number of amides is 1. The molecule has 0 saturated carbocycles. The predicted octanol–water partition coefficient (Wildman–Crippen LogP) is 3.71. The number of imidazole rings is 1. The van der Waals surface area contributed by atoms with Gasteiger partial charge < -0.3 is 19.5 Å². The molecule has 1 amide bonds. The molecule has 0 saturated heterocycles. The Hall–Kier alpha value is -3.32. The van der Waals surface area contributed by atoms with E-state index in [0.717, 1.165) is 34.7 Å². The standard InChI is InChI=1S/C23H27N3O4/c1-5-17(14-28-2)25-23(27)19-13-24-15-26(19)18-11-9-16(10-12-18)22-20(29-3)7-6-8-21(22)30-4/h6-13,15,17H,5,14H2,1-4H3,(H,25,27). The zero-order valence-electron chi connectivity index (χ0n) is 17.7. The number of carbonyl (C=O) groups excluding carboxylic acids is 1. The molecule has 1 atom stereocenters. The number of ether oxygens (including phenoxy) is 3. The minimum Gasteiger partial charge on any atom is -0.496 e. The van der Waals surface area contributed by atoms with Crippen LogP contribution < -0.4 is 14.8 Å². The number of aromatic nitrogens is 2. The molecule has 7 heteroatoms. The highest BCUT2D eigenvalue weighted by Gasteiger charge is 2.17. The van der Waals surface area contributed by atoms with Gasteiger partial charge in [-0.3, -0.25) is 9.36 Å². The van der Waals surface area contributed by atoms with Gasteiger partial charge in [0.1, 0.15) is 17.2 Å². The molecule has 1 aromatic heterocycles. The van der Waals surface area contributed by atoms with Crippen molar-refractivity contribution in [3.8, 4) is 28.3 Å². The lowest BCUT2D eigenvalue weighted by Crippen LogP contribution is -2.38. The molecule has 1 N–H and O–H groups in total. The number of hydrogen-bond donors (Lipinski definition) is 1. The van der Waals surface area contributed by atoms with Gasteiger partial charge in [0.05, 0.1) is 45.0 Å². The lowest BCUT2D eigenvalue weighted by Gasteiger charge is -2.17. The van der Waals surface area contributed by atoms with Gasteiger partial charge >= 0.3 is 0 Å². The molecule has 30 heavy (non-hydrogen) atoms. The monoisotopic (exact) mass is 409 g/mol. The maximum absolute atomic E-state index is 12.7. The molecule has 3 aromatic rings. The molecule has 0 radical (unpaired) electrons. The van der Waals surface area contributed by atoms with E-state index in [4.69, 9.17) is 14.2 Å². The van der Waals surface area contributed by atoms with Gasteiger partial charge in [0.15, 0.2) is 0 Å². The fourth-order valence-corrected chi connectivity index (χ4v) is 3.32. The maximum Gasteiger partial charge on any atom is 0.270 e. The fourth-order valence-electron chi connectivity index (χ4n) is 3.32. The normalized spacial score (nSPS) is 11.7. The van der Waals surface area contributed by atoms with Gasteiger partial charge in [-0.05, 0) is 36.2 Å². The van der Waals surface area contributed by atoms with Crippen molar-refractivity contribution >= 4 is 5.91 Å². The SMILES string of the molecule is CCC(COC)NC(=O)c1cncn1-c1ccc(-c2c(OC)cccc2OC)cc1. The molecular weight excluding hydrogens is 382 g/mol. The second-order valence-electron chi connectivity index (χ2n) is 6.77. The highest BCUT2D eigenvalue weighted by atomic mass is 16.5. The average Bonchev–Trinajstić information content (AvgIpc) is 3.28. The Bertz CT molecular complexity index is 960. The van der Waals surface area contributed by atoms with Crippen LogP contribution in [0, 0.1) is 0 Å². The second-order valence-corrected chi connectivity index (χ2v) is 6.77. The highest BCUT2D eigenvalue weighted by Crippen LogP contribution is 2.38. The number of hydrogen-bond acceptors (Lipinski definition) is 5. The van der Waals surface area contributed by atoms with E-state index >= 15 is 0 Å². The van der Waals surface area contributed by atoms with Crippen molar-refractivity contribution in [2.45, 2.75) is 19.4 Å². The number of nitrogens with one attached hydrogen (secondary N) is 1. The summed E-state index contributed by atoms with van der Waals surface area (Å²) in [6, 6.07) is 13.4. The molecule has 0 spiro atoms. The quantitative estimate of drug-likeness (QED) is 0.583. The Labute approximate surface area is 176 Å². The van der Waals surface area contributed by atoms with E-state index in [0.29, 0.717) is 12.3 Å². The summed E-state index contributed by atoms with van der Waals surface area (Å²) in [6.45, 7) is 2.47. The first-order chi connectivity index (χ1) is 14.6. The molecule has 0 aliphatic heterocycles. The van der Waals surface area contributed by atoms with Gasteiger partial charge in [0.25, 0.3) is 5.91 Å². The Morgan fingerprint density at radius 2 is 1.73 bits per heavy atom. The highest BCUT2D eigenvalue weighted by molar-refractivity contribution is 5.93. The van der Waals surface area contributed by atoms with E-state index in [1.165, 1.54) is 0 Å². The molecule has 7 nitrogen and oxygen atoms in total. The molecule has 0 aliphatic rings. The number of benzene rings is 2. The zero-order chi connectivity index (χ0) is 21.5. The first-order valence-electron chi connectivity index (χ1n) is 9.76. The summed E-state index contributed by atoms with van der Waals surface area (Å²) >= 11 is 0. The van der Waals surface area contributed by atoms with Crippen LogP contribution in [-0.2, 0) is 4.74 Å². The Balaban J connectivity index is 1.89. The van der Waals surface area contributed by atoms with Crippen molar-refractivity contribution in [2.75, 3.05) is 27.9 Å².